The van der Waals surface area contributed by atoms with Gasteiger partial charge in [-0.2, -0.15) is 13.2 Å². The van der Waals surface area contributed by atoms with Crippen LogP contribution >= 0.6 is 0 Å². The number of rotatable bonds is 1. The summed E-state index contributed by atoms with van der Waals surface area (Å²) in [6.45, 7) is 0. The number of alkyl halides is 3. The summed E-state index contributed by atoms with van der Waals surface area (Å²) in [6.07, 6.45) is -4.44. The molecule has 5 heteroatoms. The summed E-state index contributed by atoms with van der Waals surface area (Å²) < 4.78 is 36.3. The summed E-state index contributed by atoms with van der Waals surface area (Å²) in [5.74, 6) is -0.389. The summed E-state index contributed by atoms with van der Waals surface area (Å²) in [5, 5.41) is 6.93. The fourth-order valence-electron chi connectivity index (χ4n) is 0.798. The van der Waals surface area contributed by atoms with Gasteiger partial charge in [-0.05, 0) is 12.1 Å². The SMILES string of the molecule is N=C(N)c1cc[c]c(C(F)(F)F)c1. The highest BCUT2D eigenvalue weighted by Gasteiger charge is 2.30. The Balaban J connectivity index is 3.13. The van der Waals surface area contributed by atoms with E-state index in [0.29, 0.717) is 0 Å². The van der Waals surface area contributed by atoms with E-state index in [9.17, 15) is 13.2 Å². The van der Waals surface area contributed by atoms with Crippen LogP contribution in [-0.2, 0) is 6.18 Å². The summed E-state index contributed by atoms with van der Waals surface area (Å²) in [4.78, 5) is 0. The van der Waals surface area contributed by atoms with Crippen molar-refractivity contribution in [1.82, 2.24) is 0 Å². The maximum absolute atomic E-state index is 12.1. The van der Waals surface area contributed by atoms with E-state index in [1.54, 1.807) is 0 Å². The summed E-state index contributed by atoms with van der Waals surface area (Å²) >= 11 is 0. The second-order valence-corrected chi connectivity index (χ2v) is 2.40. The first-order chi connectivity index (χ1) is 5.91. The van der Waals surface area contributed by atoms with Gasteiger partial charge in [0.25, 0.3) is 0 Å². The number of nitrogen functional groups attached to an aromatic ring is 1. The largest absolute Gasteiger partial charge is 0.417 e. The van der Waals surface area contributed by atoms with E-state index < -0.39 is 11.7 Å². The third kappa shape index (κ3) is 2.21. The highest BCUT2D eigenvalue weighted by Crippen LogP contribution is 2.28. The molecule has 69 valence electrons. The molecule has 0 amide bonds. The van der Waals surface area contributed by atoms with Gasteiger partial charge in [0.2, 0.25) is 0 Å². The van der Waals surface area contributed by atoms with Gasteiger partial charge >= 0.3 is 6.18 Å². The van der Waals surface area contributed by atoms with E-state index in [1.807, 2.05) is 6.07 Å². The molecule has 0 spiro atoms. The van der Waals surface area contributed by atoms with Crippen LogP contribution in [-0.4, -0.2) is 5.84 Å². The molecule has 1 aromatic rings. The number of nitrogens with one attached hydrogen (secondary N) is 1. The maximum atomic E-state index is 12.1. The monoisotopic (exact) mass is 187 g/mol. The second kappa shape index (κ2) is 3.08. The van der Waals surface area contributed by atoms with E-state index in [2.05, 4.69) is 0 Å². The molecule has 0 aliphatic heterocycles. The van der Waals surface area contributed by atoms with Gasteiger partial charge in [-0.1, -0.05) is 12.1 Å². The summed E-state index contributed by atoms with van der Waals surface area (Å²) in [6, 6.07) is 5.22. The first-order valence-electron chi connectivity index (χ1n) is 3.34. The van der Waals surface area contributed by atoms with E-state index in [0.717, 1.165) is 12.1 Å². The van der Waals surface area contributed by atoms with Crippen molar-refractivity contribution in [2.24, 2.45) is 5.73 Å². The van der Waals surface area contributed by atoms with E-state index in [4.69, 9.17) is 11.1 Å². The Kier molecular flexibility index (Phi) is 2.27. The third-order valence-electron chi connectivity index (χ3n) is 1.42. The minimum Gasteiger partial charge on any atom is -0.384 e. The molecule has 1 rings (SSSR count). The van der Waals surface area contributed by atoms with Gasteiger partial charge in [0.1, 0.15) is 5.84 Å². The standard InChI is InChI=1S/C8H6F3N2/c9-8(10,11)6-3-1-2-5(4-6)7(12)13/h1-2,4H,(H3,12,13). The van der Waals surface area contributed by atoms with Crippen LogP contribution in [0, 0.1) is 11.5 Å². The molecule has 0 aliphatic rings. The number of hydrogen-bond acceptors (Lipinski definition) is 1. The van der Waals surface area contributed by atoms with Crippen molar-refractivity contribution in [3.8, 4) is 0 Å². The lowest BCUT2D eigenvalue weighted by Gasteiger charge is -2.06. The van der Waals surface area contributed by atoms with E-state index >= 15 is 0 Å². The lowest BCUT2D eigenvalue weighted by atomic mass is 10.1. The van der Waals surface area contributed by atoms with Crippen molar-refractivity contribution < 1.29 is 13.2 Å². The number of hydrogen-bond donors (Lipinski definition) is 2. The van der Waals surface area contributed by atoms with Crippen molar-refractivity contribution in [2.75, 3.05) is 0 Å². The zero-order valence-corrected chi connectivity index (χ0v) is 6.44. The third-order valence-corrected chi connectivity index (χ3v) is 1.42. The van der Waals surface area contributed by atoms with Crippen LogP contribution in [0.2, 0.25) is 0 Å². The molecule has 0 heterocycles. The average molecular weight is 187 g/mol. The molecular weight excluding hydrogens is 181 g/mol. The van der Waals surface area contributed by atoms with Gasteiger partial charge in [-0.25, -0.2) is 0 Å². The van der Waals surface area contributed by atoms with Crippen LogP contribution in [0.5, 0.6) is 0 Å². The van der Waals surface area contributed by atoms with Crippen LogP contribution in [0.4, 0.5) is 13.2 Å². The van der Waals surface area contributed by atoms with E-state index in [-0.39, 0.29) is 11.4 Å². The highest BCUT2D eigenvalue weighted by molar-refractivity contribution is 5.95. The van der Waals surface area contributed by atoms with Crippen molar-refractivity contribution in [2.45, 2.75) is 6.18 Å². The predicted octanol–water partition coefficient (Wildman–Crippen LogP) is 1.79. The molecule has 0 saturated carbocycles. The van der Waals surface area contributed by atoms with Crippen LogP contribution in [0.3, 0.4) is 0 Å². The normalized spacial score (nSPS) is 11.3. The van der Waals surface area contributed by atoms with Gasteiger partial charge in [0.05, 0.1) is 5.56 Å². The Morgan fingerprint density at radius 1 is 1.46 bits per heavy atom. The molecule has 2 nitrogen and oxygen atoms in total. The van der Waals surface area contributed by atoms with Gasteiger partial charge < -0.3 is 5.73 Å². The molecule has 0 aromatic heterocycles. The fraction of sp³-hybridized carbons (Fsp3) is 0.125. The summed E-state index contributed by atoms with van der Waals surface area (Å²) in [7, 11) is 0. The Hall–Kier alpha value is -1.52. The number of amidine groups is 1. The van der Waals surface area contributed by atoms with Gasteiger partial charge in [-0.15, -0.1) is 0 Å². The van der Waals surface area contributed by atoms with Crippen LogP contribution < -0.4 is 5.73 Å². The van der Waals surface area contributed by atoms with E-state index in [1.165, 1.54) is 6.07 Å². The first kappa shape index (κ1) is 9.57. The zero-order chi connectivity index (χ0) is 10.1. The number of halogens is 3. The zero-order valence-electron chi connectivity index (χ0n) is 6.44. The molecule has 0 aliphatic carbocycles. The Bertz CT molecular complexity index is 330. The summed E-state index contributed by atoms with van der Waals surface area (Å²) in [5.41, 5.74) is 4.16. The van der Waals surface area contributed by atoms with Crippen molar-refractivity contribution in [3.63, 3.8) is 0 Å². The number of nitrogens with two attached hydrogens (primary N) is 1. The molecule has 0 bridgehead atoms. The smallest absolute Gasteiger partial charge is 0.384 e. The quantitative estimate of drug-likeness (QED) is 0.511. The minimum absolute atomic E-state index is 0.0473. The average Bonchev–Trinajstić information content (AvgIpc) is 2.03. The number of benzene rings is 1. The molecule has 1 radical (unpaired) electrons. The molecule has 3 N–H and O–H groups in total. The molecule has 13 heavy (non-hydrogen) atoms. The molecule has 1 aromatic carbocycles. The topological polar surface area (TPSA) is 49.9 Å². The maximum Gasteiger partial charge on any atom is 0.417 e. The highest BCUT2D eigenvalue weighted by atomic mass is 19.4. The van der Waals surface area contributed by atoms with Gasteiger partial charge in [0.15, 0.2) is 0 Å². The van der Waals surface area contributed by atoms with Crippen LogP contribution in [0.1, 0.15) is 11.1 Å². The predicted molar refractivity (Wildman–Crippen MR) is 41.3 cm³/mol. The molecule has 0 fully saturated rings. The van der Waals surface area contributed by atoms with Crippen molar-refractivity contribution in [1.29, 1.82) is 5.41 Å². The van der Waals surface area contributed by atoms with Crippen molar-refractivity contribution >= 4 is 5.84 Å². The molecule has 0 unspecified atom stereocenters. The van der Waals surface area contributed by atoms with Crippen molar-refractivity contribution in [3.05, 3.63) is 35.4 Å². The fourth-order valence-corrected chi connectivity index (χ4v) is 0.798. The Morgan fingerprint density at radius 3 is 2.54 bits per heavy atom. The molecular formula is C8H6F3N2. The van der Waals surface area contributed by atoms with Gasteiger partial charge in [-0.3, -0.25) is 5.41 Å². The molecule has 0 atom stereocenters. The Labute approximate surface area is 72.7 Å². The lowest BCUT2D eigenvalue weighted by Crippen LogP contribution is -2.13. The molecule has 0 saturated heterocycles. The van der Waals surface area contributed by atoms with Crippen LogP contribution in [0.15, 0.2) is 18.2 Å². The first-order valence-corrected chi connectivity index (χ1v) is 3.34. The van der Waals surface area contributed by atoms with Crippen LogP contribution in [0.25, 0.3) is 0 Å². The second-order valence-electron chi connectivity index (χ2n) is 2.40. The minimum atomic E-state index is -4.44. The lowest BCUT2D eigenvalue weighted by molar-refractivity contribution is -0.137. The van der Waals surface area contributed by atoms with Gasteiger partial charge in [0, 0.05) is 5.56 Å². The Morgan fingerprint density at radius 2 is 2.08 bits per heavy atom.